The van der Waals surface area contributed by atoms with E-state index in [1.54, 1.807) is 0 Å². The van der Waals surface area contributed by atoms with Gasteiger partial charge in [0.1, 0.15) is 21.7 Å². The smallest absolute Gasteiger partial charge is 0.234 e. The van der Waals surface area contributed by atoms with Crippen LogP contribution in [0.25, 0.3) is 0 Å². The number of thioether (sulfide) groups is 2. The third-order valence-corrected chi connectivity index (χ3v) is 4.91. The van der Waals surface area contributed by atoms with E-state index < -0.39 is 0 Å². The van der Waals surface area contributed by atoms with Gasteiger partial charge in [-0.15, -0.1) is 11.8 Å². The number of aromatic nitrogens is 2. The van der Waals surface area contributed by atoms with Crippen LogP contribution in [0.5, 0.6) is 0 Å². The first-order valence-corrected chi connectivity index (χ1v) is 9.27. The van der Waals surface area contributed by atoms with Gasteiger partial charge in [-0.05, 0) is 31.2 Å². The first-order valence-electron chi connectivity index (χ1n) is 7.06. The van der Waals surface area contributed by atoms with Gasteiger partial charge in [0.05, 0.1) is 5.75 Å². The molecule has 0 spiro atoms. The van der Waals surface area contributed by atoms with E-state index >= 15 is 0 Å². The van der Waals surface area contributed by atoms with Crippen molar-refractivity contribution < 1.29 is 4.79 Å². The normalized spacial score (nSPS) is 10.2. The number of aryl methyl sites for hydroxylation is 2. The molecule has 0 bridgehead atoms. The molecule has 124 valence electrons. The maximum atomic E-state index is 12.2. The summed E-state index contributed by atoms with van der Waals surface area (Å²) in [5.74, 6) is 0.0624. The van der Waals surface area contributed by atoms with Gasteiger partial charge in [0.2, 0.25) is 11.9 Å². The number of hydrogen-bond donors (Lipinski definition) is 2. The number of carbonyl (C=O) groups excluding carboxylic acids is 1. The molecule has 2 rings (SSSR count). The van der Waals surface area contributed by atoms with Crippen LogP contribution in [0.4, 0.5) is 11.6 Å². The van der Waals surface area contributed by atoms with Gasteiger partial charge in [0.25, 0.3) is 0 Å². The number of benzene rings is 1. The molecule has 0 saturated heterocycles. The molecule has 1 amide bonds. The molecule has 0 aliphatic carbocycles. The monoisotopic (exact) mass is 359 g/mol. The zero-order chi connectivity index (χ0) is 17.7. The number of anilines is 2. The Balaban J connectivity index is 2.13. The van der Waals surface area contributed by atoms with Gasteiger partial charge in [-0.3, -0.25) is 4.79 Å². The highest BCUT2D eigenvalue weighted by atomic mass is 32.2. The average Bonchev–Trinajstić information content (AvgIpc) is 2.55. The quantitative estimate of drug-likeness (QED) is 0.624. The number of rotatable bonds is 5. The minimum atomic E-state index is -0.163. The van der Waals surface area contributed by atoms with Crippen LogP contribution in [0.15, 0.2) is 28.3 Å². The summed E-state index contributed by atoms with van der Waals surface area (Å²) >= 11 is 2.50. The third-order valence-electron chi connectivity index (χ3n) is 3.25. The van der Waals surface area contributed by atoms with Crippen molar-refractivity contribution in [2.24, 2.45) is 0 Å². The van der Waals surface area contributed by atoms with Gasteiger partial charge in [-0.1, -0.05) is 30.0 Å². The summed E-state index contributed by atoms with van der Waals surface area (Å²) < 4.78 is 0. The molecular formula is C16H17N5OS2. The van der Waals surface area contributed by atoms with Gasteiger partial charge >= 0.3 is 0 Å². The van der Waals surface area contributed by atoms with Crippen LogP contribution in [0.1, 0.15) is 16.7 Å². The number of hydrogen-bond acceptors (Lipinski definition) is 7. The molecule has 0 saturated carbocycles. The number of amides is 1. The van der Waals surface area contributed by atoms with E-state index in [-0.39, 0.29) is 17.6 Å². The number of nitrogens with zero attached hydrogens (tertiary/aromatic N) is 3. The number of nitrogens with one attached hydrogen (secondary N) is 1. The summed E-state index contributed by atoms with van der Waals surface area (Å²) in [6.45, 7) is 3.89. The van der Waals surface area contributed by atoms with Gasteiger partial charge in [0, 0.05) is 5.69 Å². The maximum Gasteiger partial charge on any atom is 0.234 e. The fourth-order valence-electron chi connectivity index (χ4n) is 2.11. The maximum absolute atomic E-state index is 12.2. The summed E-state index contributed by atoms with van der Waals surface area (Å²) in [5.41, 5.74) is 8.84. The molecule has 0 aliphatic heterocycles. The molecule has 24 heavy (non-hydrogen) atoms. The topological polar surface area (TPSA) is 105 Å². The molecule has 3 N–H and O–H groups in total. The van der Waals surface area contributed by atoms with Crippen molar-refractivity contribution in [2.75, 3.05) is 23.1 Å². The van der Waals surface area contributed by atoms with Crippen LogP contribution < -0.4 is 11.1 Å². The molecule has 0 atom stereocenters. The highest BCUT2D eigenvalue weighted by Crippen LogP contribution is 2.28. The van der Waals surface area contributed by atoms with E-state index in [2.05, 4.69) is 21.4 Å². The average molecular weight is 359 g/mol. The van der Waals surface area contributed by atoms with Gasteiger partial charge < -0.3 is 11.1 Å². The Morgan fingerprint density at radius 1 is 1.29 bits per heavy atom. The Labute approximate surface area is 149 Å². The Hall–Kier alpha value is -2.24. The molecule has 0 aliphatic rings. The molecule has 0 unspecified atom stereocenters. The molecular weight excluding hydrogens is 342 g/mol. The highest BCUT2D eigenvalue weighted by molar-refractivity contribution is 8.00. The Kier molecular flexibility index (Phi) is 6.06. The van der Waals surface area contributed by atoms with Crippen molar-refractivity contribution in [1.29, 1.82) is 5.26 Å². The van der Waals surface area contributed by atoms with E-state index in [1.165, 1.54) is 23.5 Å². The second kappa shape index (κ2) is 8.04. The molecule has 0 fully saturated rings. The van der Waals surface area contributed by atoms with Crippen molar-refractivity contribution in [3.63, 3.8) is 0 Å². The number of carbonyl (C=O) groups is 1. The van der Waals surface area contributed by atoms with Crippen LogP contribution in [0.3, 0.4) is 0 Å². The van der Waals surface area contributed by atoms with Crippen molar-refractivity contribution in [2.45, 2.75) is 23.9 Å². The van der Waals surface area contributed by atoms with E-state index in [0.29, 0.717) is 15.6 Å². The standard InChI is InChI=1S/C16H17N5OS2/c1-9-5-4-6-10(2)13(9)19-12(22)8-24-15-11(7-17)14(23-3)20-16(18)21-15/h4-6H,8H2,1-3H3,(H,19,22)(H2,18,20,21). The van der Waals surface area contributed by atoms with Crippen molar-refractivity contribution >= 4 is 41.1 Å². The van der Waals surface area contributed by atoms with Crippen LogP contribution in [0.2, 0.25) is 0 Å². The van der Waals surface area contributed by atoms with E-state index in [1.807, 2.05) is 38.3 Å². The Bertz CT molecular complexity index is 797. The SMILES string of the molecule is CSc1nc(N)nc(SCC(=O)Nc2c(C)cccc2C)c1C#N. The zero-order valence-corrected chi connectivity index (χ0v) is 15.2. The van der Waals surface area contributed by atoms with Gasteiger partial charge in [0.15, 0.2) is 0 Å². The lowest BCUT2D eigenvalue weighted by molar-refractivity contribution is -0.113. The second-order valence-corrected chi connectivity index (χ2v) is 6.75. The van der Waals surface area contributed by atoms with Crippen LogP contribution in [-0.2, 0) is 4.79 Å². The molecule has 6 nitrogen and oxygen atoms in total. The lowest BCUT2D eigenvalue weighted by Gasteiger charge is -2.11. The molecule has 1 aromatic carbocycles. The molecule has 0 radical (unpaired) electrons. The Morgan fingerprint density at radius 3 is 2.50 bits per heavy atom. The van der Waals surface area contributed by atoms with E-state index in [0.717, 1.165) is 16.8 Å². The van der Waals surface area contributed by atoms with Crippen molar-refractivity contribution in [1.82, 2.24) is 9.97 Å². The highest BCUT2D eigenvalue weighted by Gasteiger charge is 2.15. The summed E-state index contributed by atoms with van der Waals surface area (Å²) in [6, 6.07) is 7.91. The molecule has 8 heteroatoms. The van der Waals surface area contributed by atoms with Crippen molar-refractivity contribution in [3.05, 3.63) is 34.9 Å². The molecule has 2 aromatic rings. The summed E-state index contributed by atoms with van der Waals surface area (Å²) in [6.07, 6.45) is 1.81. The van der Waals surface area contributed by atoms with E-state index in [9.17, 15) is 10.1 Å². The first kappa shape index (κ1) is 18.1. The van der Waals surface area contributed by atoms with Crippen molar-refractivity contribution in [3.8, 4) is 6.07 Å². The number of para-hydroxylation sites is 1. The number of nitrogen functional groups attached to an aromatic ring is 1. The van der Waals surface area contributed by atoms with Crippen LogP contribution in [0, 0.1) is 25.2 Å². The predicted molar refractivity (Wildman–Crippen MR) is 98.2 cm³/mol. The zero-order valence-electron chi connectivity index (χ0n) is 13.6. The number of nitrogens with two attached hydrogens (primary N) is 1. The Morgan fingerprint density at radius 2 is 1.92 bits per heavy atom. The first-order chi connectivity index (χ1) is 11.5. The minimum Gasteiger partial charge on any atom is -0.368 e. The van der Waals surface area contributed by atoms with Gasteiger partial charge in [-0.2, -0.15) is 5.26 Å². The fourth-order valence-corrected chi connectivity index (χ4v) is 3.49. The predicted octanol–water partition coefficient (Wildman–Crippen LogP) is 3.00. The summed E-state index contributed by atoms with van der Waals surface area (Å²) in [5, 5.41) is 13.1. The van der Waals surface area contributed by atoms with E-state index in [4.69, 9.17) is 5.73 Å². The number of nitriles is 1. The minimum absolute atomic E-state index is 0.0935. The van der Waals surface area contributed by atoms with Gasteiger partial charge in [-0.25, -0.2) is 9.97 Å². The fraction of sp³-hybridized carbons (Fsp3) is 0.250. The van der Waals surface area contributed by atoms with Crippen LogP contribution in [-0.4, -0.2) is 27.9 Å². The second-order valence-electron chi connectivity index (χ2n) is 4.99. The lowest BCUT2D eigenvalue weighted by Crippen LogP contribution is -2.16. The summed E-state index contributed by atoms with van der Waals surface area (Å²) in [4.78, 5) is 20.3. The largest absolute Gasteiger partial charge is 0.368 e. The molecule has 1 aromatic heterocycles. The lowest BCUT2D eigenvalue weighted by atomic mass is 10.1. The molecule has 1 heterocycles. The summed E-state index contributed by atoms with van der Waals surface area (Å²) in [7, 11) is 0. The third kappa shape index (κ3) is 4.19. The van der Waals surface area contributed by atoms with Crippen LogP contribution >= 0.6 is 23.5 Å².